The monoisotopic (exact) mass is 447 g/mol. The number of rotatable bonds is 11. The molecule has 0 saturated carbocycles. The van der Waals surface area contributed by atoms with Crippen molar-refractivity contribution in [1.29, 1.82) is 0 Å². The minimum atomic E-state index is -1.05. The van der Waals surface area contributed by atoms with Gasteiger partial charge in [-0.3, -0.25) is 14.4 Å². The zero-order valence-electron chi connectivity index (χ0n) is 17.5. The van der Waals surface area contributed by atoms with Gasteiger partial charge >= 0.3 is 11.9 Å². The van der Waals surface area contributed by atoms with Gasteiger partial charge in [-0.05, 0) is 42.7 Å². The fraction of sp³-hybridized carbons (Fsp3) is 0.348. The van der Waals surface area contributed by atoms with Crippen LogP contribution < -0.4 is 10.1 Å². The number of benzene rings is 2. The molecule has 7 nitrogen and oxygen atoms in total. The van der Waals surface area contributed by atoms with Crippen LogP contribution in [-0.4, -0.2) is 42.7 Å². The molecule has 0 aliphatic heterocycles. The maximum atomic E-state index is 12.1. The van der Waals surface area contributed by atoms with Crippen molar-refractivity contribution in [3.8, 4) is 16.9 Å². The number of carbonyl (C=O) groups is 3. The lowest BCUT2D eigenvalue weighted by atomic mass is 9.98. The molecular weight excluding hydrogens is 422 g/mol. The van der Waals surface area contributed by atoms with Crippen molar-refractivity contribution in [3.05, 3.63) is 53.1 Å². The Morgan fingerprint density at radius 3 is 2.42 bits per heavy atom. The highest BCUT2D eigenvalue weighted by molar-refractivity contribution is 6.31. The number of halogens is 1. The van der Waals surface area contributed by atoms with Gasteiger partial charge in [-0.25, -0.2) is 0 Å². The van der Waals surface area contributed by atoms with E-state index in [2.05, 4.69) is 5.32 Å². The third-order valence-corrected chi connectivity index (χ3v) is 4.79. The molecule has 0 fully saturated rings. The molecule has 0 heterocycles. The molecular formula is C23H26ClNO6. The van der Waals surface area contributed by atoms with E-state index in [1.165, 1.54) is 0 Å². The van der Waals surface area contributed by atoms with Crippen LogP contribution in [0.25, 0.3) is 11.1 Å². The molecule has 0 spiro atoms. The molecule has 166 valence electrons. The summed E-state index contributed by atoms with van der Waals surface area (Å²) in [5, 5.41) is 12.1. The molecule has 0 aliphatic carbocycles. The van der Waals surface area contributed by atoms with Gasteiger partial charge in [0, 0.05) is 23.0 Å². The SMILES string of the molecule is CCOC(=O)C[C@@H](Cc1ccc(-c2cc(Cl)ccc2OC)cc1)NC(=O)CCC(=O)O. The van der Waals surface area contributed by atoms with E-state index < -0.39 is 23.9 Å². The zero-order valence-corrected chi connectivity index (χ0v) is 18.3. The molecule has 2 N–H and O–H groups in total. The second kappa shape index (κ2) is 12.0. The fourth-order valence-electron chi connectivity index (χ4n) is 3.13. The average Bonchev–Trinajstić information content (AvgIpc) is 2.73. The predicted octanol–water partition coefficient (Wildman–Crippen LogP) is 3.86. The maximum absolute atomic E-state index is 12.1. The number of amides is 1. The average molecular weight is 448 g/mol. The van der Waals surface area contributed by atoms with E-state index in [0.29, 0.717) is 17.2 Å². The lowest BCUT2D eigenvalue weighted by molar-refractivity contribution is -0.144. The number of carbonyl (C=O) groups excluding carboxylic acids is 2. The Balaban J connectivity index is 2.14. The van der Waals surface area contributed by atoms with Crippen LogP contribution >= 0.6 is 11.6 Å². The van der Waals surface area contributed by atoms with E-state index in [1.807, 2.05) is 30.3 Å². The Morgan fingerprint density at radius 2 is 1.81 bits per heavy atom. The summed E-state index contributed by atoms with van der Waals surface area (Å²) >= 11 is 6.12. The van der Waals surface area contributed by atoms with Crippen LogP contribution in [0.15, 0.2) is 42.5 Å². The molecule has 0 unspecified atom stereocenters. The lowest BCUT2D eigenvalue weighted by Gasteiger charge is -2.18. The minimum Gasteiger partial charge on any atom is -0.496 e. The van der Waals surface area contributed by atoms with Gasteiger partial charge in [0.2, 0.25) is 5.91 Å². The van der Waals surface area contributed by atoms with Crippen molar-refractivity contribution >= 4 is 29.4 Å². The molecule has 0 radical (unpaired) electrons. The fourth-order valence-corrected chi connectivity index (χ4v) is 3.30. The molecule has 2 aromatic carbocycles. The second-order valence-corrected chi connectivity index (χ2v) is 7.35. The summed E-state index contributed by atoms with van der Waals surface area (Å²) in [6.07, 6.45) is -0.0304. The van der Waals surface area contributed by atoms with Crippen LogP contribution in [-0.2, 0) is 25.5 Å². The van der Waals surface area contributed by atoms with E-state index in [1.54, 1.807) is 26.2 Å². The number of ether oxygens (including phenoxy) is 2. The Hall–Kier alpha value is -3.06. The van der Waals surface area contributed by atoms with Crippen molar-refractivity contribution in [3.63, 3.8) is 0 Å². The number of aliphatic carboxylic acids is 1. The van der Waals surface area contributed by atoms with Gasteiger partial charge in [0.05, 0.1) is 26.6 Å². The molecule has 0 aliphatic rings. The summed E-state index contributed by atoms with van der Waals surface area (Å²) < 4.78 is 10.4. The number of carboxylic acid groups (broad SMARTS) is 1. The summed E-state index contributed by atoms with van der Waals surface area (Å²) in [4.78, 5) is 34.7. The van der Waals surface area contributed by atoms with Gasteiger partial charge in [-0.15, -0.1) is 0 Å². The highest BCUT2D eigenvalue weighted by Gasteiger charge is 2.19. The maximum Gasteiger partial charge on any atom is 0.307 e. The molecule has 8 heteroatoms. The lowest BCUT2D eigenvalue weighted by Crippen LogP contribution is -2.38. The number of nitrogens with one attached hydrogen (secondary N) is 1. The van der Waals surface area contributed by atoms with Crippen molar-refractivity contribution in [1.82, 2.24) is 5.32 Å². The molecule has 0 aromatic heterocycles. The highest BCUT2D eigenvalue weighted by atomic mass is 35.5. The van der Waals surface area contributed by atoms with E-state index in [9.17, 15) is 14.4 Å². The van der Waals surface area contributed by atoms with Gasteiger partial charge in [0.1, 0.15) is 5.75 Å². The second-order valence-electron chi connectivity index (χ2n) is 6.91. The molecule has 0 bridgehead atoms. The summed E-state index contributed by atoms with van der Waals surface area (Å²) in [5.41, 5.74) is 2.67. The molecule has 31 heavy (non-hydrogen) atoms. The number of methoxy groups -OCH3 is 1. The van der Waals surface area contributed by atoms with Gasteiger partial charge in [0.25, 0.3) is 0 Å². The summed E-state index contributed by atoms with van der Waals surface area (Å²) in [5.74, 6) is -1.20. The number of hydrogen-bond acceptors (Lipinski definition) is 5. The van der Waals surface area contributed by atoms with Gasteiger partial charge < -0.3 is 19.9 Å². The van der Waals surface area contributed by atoms with Crippen LogP contribution in [0.5, 0.6) is 5.75 Å². The number of hydrogen-bond donors (Lipinski definition) is 2. The summed E-state index contributed by atoms with van der Waals surface area (Å²) in [6, 6.07) is 12.5. The Labute approximate surface area is 186 Å². The number of carboxylic acids is 1. The first-order valence-corrected chi connectivity index (χ1v) is 10.3. The van der Waals surface area contributed by atoms with Crippen molar-refractivity contribution in [2.45, 2.75) is 38.6 Å². The van der Waals surface area contributed by atoms with Crippen LogP contribution in [0, 0.1) is 0 Å². The zero-order chi connectivity index (χ0) is 22.8. The minimum absolute atomic E-state index is 0.00345. The van der Waals surface area contributed by atoms with Gasteiger partial charge in [-0.2, -0.15) is 0 Å². The van der Waals surface area contributed by atoms with Crippen molar-refractivity contribution in [2.75, 3.05) is 13.7 Å². The van der Waals surface area contributed by atoms with E-state index >= 15 is 0 Å². The smallest absolute Gasteiger partial charge is 0.307 e. The summed E-state index contributed by atoms with van der Waals surface area (Å²) in [6.45, 7) is 1.95. The van der Waals surface area contributed by atoms with E-state index in [0.717, 1.165) is 16.7 Å². The highest BCUT2D eigenvalue weighted by Crippen LogP contribution is 2.32. The first kappa shape index (κ1) is 24.2. The molecule has 1 atom stereocenters. The summed E-state index contributed by atoms with van der Waals surface area (Å²) in [7, 11) is 1.59. The van der Waals surface area contributed by atoms with Crippen LogP contribution in [0.3, 0.4) is 0 Å². The quantitative estimate of drug-likeness (QED) is 0.507. The first-order valence-electron chi connectivity index (χ1n) is 9.92. The van der Waals surface area contributed by atoms with E-state index in [-0.39, 0.29) is 25.9 Å². The third-order valence-electron chi connectivity index (χ3n) is 4.56. The normalized spacial score (nSPS) is 11.5. The topological polar surface area (TPSA) is 102 Å². The molecule has 0 saturated heterocycles. The van der Waals surface area contributed by atoms with Gasteiger partial charge in [-0.1, -0.05) is 35.9 Å². The third kappa shape index (κ3) is 7.94. The van der Waals surface area contributed by atoms with E-state index in [4.69, 9.17) is 26.2 Å². The van der Waals surface area contributed by atoms with Crippen molar-refractivity contribution < 1.29 is 29.0 Å². The van der Waals surface area contributed by atoms with Crippen LogP contribution in [0.2, 0.25) is 5.02 Å². The predicted molar refractivity (Wildman–Crippen MR) is 117 cm³/mol. The van der Waals surface area contributed by atoms with Crippen molar-refractivity contribution in [2.24, 2.45) is 0 Å². The molecule has 2 rings (SSSR count). The standard InChI is InChI=1S/C23H26ClNO6/c1-3-31-23(29)14-18(25-21(26)10-11-22(27)28)12-15-4-6-16(7-5-15)19-13-17(24)8-9-20(19)30-2/h4-9,13,18H,3,10-12,14H2,1-2H3,(H,25,26)(H,27,28)/t18-/m1/s1. The first-order chi connectivity index (χ1) is 14.8. The van der Waals surface area contributed by atoms with Crippen LogP contribution in [0.1, 0.15) is 31.7 Å². The number of esters is 1. The Kier molecular flexibility index (Phi) is 9.34. The van der Waals surface area contributed by atoms with Gasteiger partial charge in [0.15, 0.2) is 0 Å². The molecule has 2 aromatic rings. The Bertz CT molecular complexity index is 913. The largest absolute Gasteiger partial charge is 0.496 e. The molecule has 1 amide bonds. The Morgan fingerprint density at radius 1 is 1.10 bits per heavy atom. The van der Waals surface area contributed by atoms with Crippen LogP contribution in [0.4, 0.5) is 0 Å².